The van der Waals surface area contributed by atoms with Gasteiger partial charge in [0, 0.05) is 28.0 Å². The minimum atomic E-state index is -0.463. The van der Waals surface area contributed by atoms with Crippen molar-refractivity contribution < 1.29 is 13.6 Å². The largest absolute Gasteiger partial charge is 0.355 e. The second kappa shape index (κ2) is 6.92. The maximum absolute atomic E-state index is 13.3. The number of aromatic nitrogens is 1. The van der Waals surface area contributed by atoms with Gasteiger partial charge >= 0.3 is 6.03 Å². The Morgan fingerprint density at radius 2 is 1.52 bits per heavy atom. The molecule has 0 aliphatic rings. The summed E-state index contributed by atoms with van der Waals surface area (Å²) in [5.74, 6) is -0.702. The fourth-order valence-corrected chi connectivity index (χ4v) is 2.85. The number of carbonyl (C=O) groups excluding carboxylic acids is 1. The van der Waals surface area contributed by atoms with E-state index in [0.29, 0.717) is 11.4 Å². The lowest BCUT2D eigenvalue weighted by atomic mass is 10.1. The van der Waals surface area contributed by atoms with Crippen LogP contribution in [-0.4, -0.2) is 11.0 Å². The Morgan fingerprint density at radius 3 is 2.30 bits per heavy atom. The lowest BCUT2D eigenvalue weighted by molar-refractivity contribution is 0.262. The molecule has 0 aliphatic heterocycles. The van der Waals surface area contributed by atoms with Crippen LogP contribution in [0.5, 0.6) is 0 Å². The van der Waals surface area contributed by atoms with E-state index in [-0.39, 0.29) is 5.82 Å². The zero-order chi connectivity index (χ0) is 18.8. The molecule has 27 heavy (non-hydrogen) atoms. The zero-order valence-electron chi connectivity index (χ0n) is 14.1. The van der Waals surface area contributed by atoms with Crippen LogP contribution >= 0.6 is 0 Å². The number of anilines is 2. The van der Waals surface area contributed by atoms with Gasteiger partial charge in [-0.05, 0) is 60.2 Å². The highest BCUT2D eigenvalue weighted by molar-refractivity contribution is 5.99. The molecule has 0 radical (unpaired) electrons. The molecule has 0 aliphatic carbocycles. The molecule has 0 unspecified atom stereocenters. The number of fused-ring (bicyclic) bond motifs is 1. The van der Waals surface area contributed by atoms with Gasteiger partial charge in [-0.15, -0.1) is 0 Å². The number of hydrogen-bond donors (Lipinski definition) is 3. The Kier molecular flexibility index (Phi) is 4.30. The van der Waals surface area contributed by atoms with Crippen molar-refractivity contribution in [3.63, 3.8) is 0 Å². The van der Waals surface area contributed by atoms with E-state index in [4.69, 9.17) is 0 Å². The molecular formula is C21H15F2N3O. The third-order valence-corrected chi connectivity index (χ3v) is 4.12. The lowest BCUT2D eigenvalue weighted by Crippen LogP contribution is -2.19. The molecule has 3 aromatic carbocycles. The molecule has 0 spiro atoms. The fraction of sp³-hybridized carbons (Fsp3) is 0. The summed E-state index contributed by atoms with van der Waals surface area (Å²) in [5, 5.41) is 6.05. The third-order valence-electron chi connectivity index (χ3n) is 4.12. The Hall–Kier alpha value is -3.67. The Balaban J connectivity index is 1.47. The predicted octanol–water partition coefficient (Wildman–Crippen LogP) is 5.76. The standard InChI is InChI=1S/C21H15F2N3O/c22-15-2-1-3-18(12-15)25-21(27)24-17-7-4-13(5-8-17)20-11-14-10-16(23)6-9-19(14)26-20/h1-12,26H,(H2,24,25,27). The average molecular weight is 363 g/mol. The van der Waals surface area contributed by atoms with Gasteiger partial charge < -0.3 is 15.6 Å². The first-order valence-electron chi connectivity index (χ1n) is 8.29. The van der Waals surface area contributed by atoms with E-state index >= 15 is 0 Å². The molecule has 4 nitrogen and oxygen atoms in total. The van der Waals surface area contributed by atoms with Crippen LogP contribution in [0.1, 0.15) is 0 Å². The van der Waals surface area contributed by atoms with E-state index in [0.717, 1.165) is 22.2 Å². The van der Waals surface area contributed by atoms with Gasteiger partial charge in [-0.2, -0.15) is 0 Å². The van der Waals surface area contributed by atoms with Gasteiger partial charge in [0.2, 0.25) is 0 Å². The van der Waals surface area contributed by atoms with Crippen LogP contribution in [0, 0.1) is 11.6 Å². The summed E-state index contributed by atoms with van der Waals surface area (Å²) < 4.78 is 26.5. The molecule has 3 N–H and O–H groups in total. The van der Waals surface area contributed by atoms with Crippen molar-refractivity contribution in [1.82, 2.24) is 4.98 Å². The molecule has 1 aromatic heterocycles. The van der Waals surface area contributed by atoms with E-state index in [1.54, 1.807) is 24.3 Å². The number of benzene rings is 3. The third kappa shape index (κ3) is 3.79. The number of carbonyl (C=O) groups is 1. The first kappa shape index (κ1) is 16.8. The SMILES string of the molecule is O=C(Nc1ccc(-c2cc3cc(F)ccc3[nH]2)cc1)Nc1cccc(F)c1. The number of urea groups is 1. The zero-order valence-corrected chi connectivity index (χ0v) is 14.1. The first-order valence-corrected chi connectivity index (χ1v) is 8.29. The summed E-state index contributed by atoms with van der Waals surface area (Å²) in [7, 11) is 0. The van der Waals surface area contributed by atoms with Crippen LogP contribution in [0.15, 0.2) is 72.8 Å². The number of rotatable bonds is 3. The summed E-state index contributed by atoms with van der Waals surface area (Å²) in [4.78, 5) is 15.2. The maximum atomic E-state index is 13.3. The van der Waals surface area contributed by atoms with E-state index in [1.165, 1.54) is 30.3 Å². The van der Waals surface area contributed by atoms with Crippen LogP contribution in [0.4, 0.5) is 25.0 Å². The molecule has 0 saturated heterocycles. The van der Waals surface area contributed by atoms with Crippen LogP contribution in [0.25, 0.3) is 22.2 Å². The van der Waals surface area contributed by atoms with Crippen molar-refractivity contribution in [2.75, 3.05) is 10.6 Å². The number of aromatic amines is 1. The van der Waals surface area contributed by atoms with Crippen molar-refractivity contribution in [2.24, 2.45) is 0 Å². The van der Waals surface area contributed by atoms with Gasteiger partial charge in [-0.1, -0.05) is 18.2 Å². The Bertz CT molecular complexity index is 1120. The summed E-state index contributed by atoms with van der Waals surface area (Å²) in [6, 6.07) is 18.9. The van der Waals surface area contributed by atoms with Gasteiger partial charge in [-0.3, -0.25) is 0 Å². The highest BCUT2D eigenvalue weighted by atomic mass is 19.1. The van der Waals surface area contributed by atoms with Crippen molar-refractivity contribution in [3.8, 4) is 11.3 Å². The summed E-state index contributed by atoms with van der Waals surface area (Å²) in [5.41, 5.74) is 3.57. The van der Waals surface area contributed by atoms with Gasteiger partial charge in [0.15, 0.2) is 0 Å². The highest BCUT2D eigenvalue weighted by Gasteiger charge is 2.06. The molecule has 0 saturated carbocycles. The normalized spacial score (nSPS) is 10.7. The quantitative estimate of drug-likeness (QED) is 0.426. The van der Waals surface area contributed by atoms with Crippen LogP contribution < -0.4 is 10.6 Å². The van der Waals surface area contributed by atoms with Crippen molar-refractivity contribution >= 4 is 28.3 Å². The van der Waals surface area contributed by atoms with Crippen LogP contribution in [0.2, 0.25) is 0 Å². The average Bonchev–Trinajstić information content (AvgIpc) is 3.05. The van der Waals surface area contributed by atoms with Crippen LogP contribution in [0.3, 0.4) is 0 Å². The molecule has 0 fully saturated rings. The summed E-state index contributed by atoms with van der Waals surface area (Å²) in [6.45, 7) is 0. The van der Waals surface area contributed by atoms with Gasteiger partial charge in [-0.25, -0.2) is 13.6 Å². The minimum absolute atomic E-state index is 0.281. The van der Waals surface area contributed by atoms with Crippen molar-refractivity contribution in [1.29, 1.82) is 0 Å². The molecular weight excluding hydrogens is 348 g/mol. The predicted molar refractivity (Wildman–Crippen MR) is 103 cm³/mol. The highest BCUT2D eigenvalue weighted by Crippen LogP contribution is 2.26. The number of amides is 2. The van der Waals surface area contributed by atoms with E-state index in [1.807, 2.05) is 18.2 Å². The molecule has 0 bridgehead atoms. The number of nitrogens with one attached hydrogen (secondary N) is 3. The molecule has 2 amide bonds. The number of hydrogen-bond acceptors (Lipinski definition) is 1. The number of halogens is 2. The smallest absolute Gasteiger partial charge is 0.323 e. The van der Waals surface area contributed by atoms with Gasteiger partial charge in [0.1, 0.15) is 11.6 Å². The fourth-order valence-electron chi connectivity index (χ4n) is 2.85. The molecule has 6 heteroatoms. The van der Waals surface area contributed by atoms with Crippen molar-refractivity contribution in [3.05, 3.63) is 84.4 Å². The second-order valence-corrected chi connectivity index (χ2v) is 6.08. The molecule has 4 rings (SSSR count). The summed E-state index contributed by atoms with van der Waals surface area (Å²) in [6.07, 6.45) is 0. The first-order chi connectivity index (χ1) is 13.1. The van der Waals surface area contributed by atoms with Gasteiger partial charge in [0.25, 0.3) is 0 Å². The maximum Gasteiger partial charge on any atom is 0.323 e. The van der Waals surface area contributed by atoms with Crippen LogP contribution in [-0.2, 0) is 0 Å². The van der Waals surface area contributed by atoms with E-state index in [2.05, 4.69) is 15.6 Å². The monoisotopic (exact) mass is 363 g/mol. The summed E-state index contributed by atoms with van der Waals surface area (Å²) >= 11 is 0. The molecule has 0 atom stereocenters. The Labute approximate surface area is 153 Å². The van der Waals surface area contributed by atoms with E-state index < -0.39 is 11.8 Å². The Morgan fingerprint density at radius 1 is 0.778 bits per heavy atom. The minimum Gasteiger partial charge on any atom is -0.355 e. The topological polar surface area (TPSA) is 56.9 Å². The molecule has 134 valence electrons. The number of H-pyrrole nitrogens is 1. The lowest BCUT2D eigenvalue weighted by Gasteiger charge is -2.08. The van der Waals surface area contributed by atoms with Crippen molar-refractivity contribution in [2.45, 2.75) is 0 Å². The van der Waals surface area contributed by atoms with Gasteiger partial charge in [0.05, 0.1) is 0 Å². The van der Waals surface area contributed by atoms with E-state index in [9.17, 15) is 13.6 Å². The molecule has 4 aromatic rings. The second-order valence-electron chi connectivity index (χ2n) is 6.08. The molecule has 1 heterocycles.